The highest BCUT2D eigenvalue weighted by Crippen LogP contribution is 2.16. The minimum absolute atomic E-state index is 0.0377. The van der Waals surface area contributed by atoms with Gasteiger partial charge < -0.3 is 15.3 Å². The number of rotatable bonds is 4. The van der Waals surface area contributed by atoms with Crippen molar-refractivity contribution in [2.75, 3.05) is 20.2 Å². The summed E-state index contributed by atoms with van der Waals surface area (Å²) in [5, 5.41) is 12.2. The van der Waals surface area contributed by atoms with E-state index >= 15 is 0 Å². The second-order valence-corrected chi connectivity index (χ2v) is 4.29. The third kappa shape index (κ3) is 4.24. The van der Waals surface area contributed by atoms with Gasteiger partial charge in [0, 0.05) is 25.2 Å². The van der Waals surface area contributed by atoms with Gasteiger partial charge in [0.1, 0.15) is 0 Å². The average molecular weight is 257 g/mol. The number of aliphatic hydroxyl groups excluding tert-OH is 1. The van der Waals surface area contributed by atoms with Crippen LogP contribution >= 0.6 is 11.6 Å². The summed E-state index contributed by atoms with van der Waals surface area (Å²) < 4.78 is 0. The molecule has 1 aromatic rings. The first-order chi connectivity index (χ1) is 8.04. The fourth-order valence-corrected chi connectivity index (χ4v) is 1.50. The molecular formula is C12H17ClN2O2. The fraction of sp³-hybridized carbons (Fsp3) is 0.417. The van der Waals surface area contributed by atoms with Gasteiger partial charge in [-0.15, -0.1) is 0 Å². The maximum Gasteiger partial charge on any atom is 0.317 e. The second kappa shape index (κ2) is 6.47. The molecule has 0 bridgehead atoms. The van der Waals surface area contributed by atoms with Gasteiger partial charge in [0.25, 0.3) is 0 Å². The molecule has 0 aliphatic rings. The Bertz CT molecular complexity index is 396. The Kier molecular flexibility index (Phi) is 5.25. The minimum atomic E-state index is -0.202. The van der Waals surface area contributed by atoms with Crippen LogP contribution in [0.5, 0.6) is 0 Å². The molecule has 0 aliphatic carbocycles. The summed E-state index contributed by atoms with van der Waals surface area (Å²) in [4.78, 5) is 13.0. The number of aryl methyl sites for hydroxylation is 1. The normalized spacial score (nSPS) is 10.1. The van der Waals surface area contributed by atoms with E-state index in [-0.39, 0.29) is 12.6 Å². The fourth-order valence-electron chi connectivity index (χ4n) is 1.38. The van der Waals surface area contributed by atoms with Gasteiger partial charge in [0.05, 0.1) is 6.61 Å². The molecule has 0 saturated carbocycles. The lowest BCUT2D eigenvalue weighted by atomic mass is 10.1. The summed E-state index contributed by atoms with van der Waals surface area (Å²) >= 11 is 5.91. The van der Waals surface area contributed by atoms with Gasteiger partial charge >= 0.3 is 6.03 Å². The van der Waals surface area contributed by atoms with Crippen molar-refractivity contribution in [3.63, 3.8) is 0 Å². The van der Waals surface area contributed by atoms with E-state index in [1.54, 1.807) is 7.05 Å². The molecule has 0 saturated heterocycles. The number of halogens is 1. The smallest absolute Gasteiger partial charge is 0.317 e. The maximum absolute atomic E-state index is 11.5. The number of likely N-dealkylation sites (N-methyl/N-ethyl adjacent to an activating group) is 1. The van der Waals surface area contributed by atoms with E-state index in [1.807, 2.05) is 25.1 Å². The van der Waals surface area contributed by atoms with Gasteiger partial charge in [-0.2, -0.15) is 0 Å². The molecule has 1 rings (SSSR count). The summed E-state index contributed by atoms with van der Waals surface area (Å²) in [7, 11) is 1.64. The number of urea groups is 1. The zero-order valence-corrected chi connectivity index (χ0v) is 10.8. The van der Waals surface area contributed by atoms with E-state index in [2.05, 4.69) is 5.32 Å². The minimum Gasteiger partial charge on any atom is -0.395 e. The summed E-state index contributed by atoms with van der Waals surface area (Å²) in [5.74, 6) is 0. The van der Waals surface area contributed by atoms with Crippen molar-refractivity contribution >= 4 is 17.6 Å². The molecule has 0 aliphatic heterocycles. The summed E-state index contributed by atoms with van der Waals surface area (Å²) in [5.41, 5.74) is 1.99. The summed E-state index contributed by atoms with van der Waals surface area (Å²) in [6.07, 6.45) is 0. The van der Waals surface area contributed by atoms with Crippen molar-refractivity contribution in [1.82, 2.24) is 10.2 Å². The largest absolute Gasteiger partial charge is 0.395 e. The Morgan fingerprint density at radius 3 is 2.82 bits per heavy atom. The van der Waals surface area contributed by atoms with E-state index in [9.17, 15) is 4.79 Å². The van der Waals surface area contributed by atoms with Crippen LogP contribution in [0.2, 0.25) is 5.02 Å². The lowest BCUT2D eigenvalue weighted by molar-refractivity contribution is 0.190. The standard InChI is InChI=1S/C12H17ClN2O2/c1-9-7-10(3-4-11(9)13)8-14-12(17)15(2)5-6-16/h3-4,7,16H,5-6,8H2,1-2H3,(H,14,17). The molecule has 2 amide bonds. The Labute approximate surface area is 106 Å². The summed E-state index contributed by atoms with van der Waals surface area (Å²) in [6, 6.07) is 5.43. The summed E-state index contributed by atoms with van der Waals surface area (Å²) in [6.45, 7) is 2.66. The first-order valence-electron chi connectivity index (χ1n) is 5.39. The number of hydrogen-bond acceptors (Lipinski definition) is 2. The molecule has 0 aromatic heterocycles. The van der Waals surface area contributed by atoms with Crippen molar-refractivity contribution < 1.29 is 9.90 Å². The Hall–Kier alpha value is -1.26. The predicted molar refractivity (Wildman–Crippen MR) is 68.1 cm³/mol. The van der Waals surface area contributed by atoms with Crippen LogP contribution in [-0.2, 0) is 6.54 Å². The van der Waals surface area contributed by atoms with Crippen molar-refractivity contribution in [1.29, 1.82) is 0 Å². The molecule has 1 aromatic carbocycles. The molecular weight excluding hydrogens is 240 g/mol. The van der Waals surface area contributed by atoms with Crippen LogP contribution in [0.3, 0.4) is 0 Å². The second-order valence-electron chi connectivity index (χ2n) is 3.89. The zero-order valence-electron chi connectivity index (χ0n) is 10.0. The number of carbonyl (C=O) groups is 1. The Morgan fingerprint density at radius 1 is 1.53 bits per heavy atom. The van der Waals surface area contributed by atoms with Crippen LogP contribution in [0, 0.1) is 6.92 Å². The quantitative estimate of drug-likeness (QED) is 0.863. The number of benzene rings is 1. The Balaban J connectivity index is 2.50. The van der Waals surface area contributed by atoms with Gasteiger partial charge in [-0.1, -0.05) is 23.7 Å². The monoisotopic (exact) mass is 256 g/mol. The van der Waals surface area contributed by atoms with Gasteiger partial charge in [0.2, 0.25) is 0 Å². The first kappa shape index (κ1) is 13.8. The molecule has 5 heteroatoms. The Morgan fingerprint density at radius 2 is 2.24 bits per heavy atom. The first-order valence-corrected chi connectivity index (χ1v) is 5.77. The van der Waals surface area contributed by atoms with Crippen LogP contribution in [0.1, 0.15) is 11.1 Å². The highest BCUT2D eigenvalue weighted by atomic mass is 35.5. The molecule has 0 fully saturated rings. The maximum atomic E-state index is 11.5. The third-order valence-electron chi connectivity index (χ3n) is 2.45. The molecule has 4 nitrogen and oxygen atoms in total. The lowest BCUT2D eigenvalue weighted by Gasteiger charge is -2.16. The van der Waals surface area contributed by atoms with Crippen LogP contribution in [0.25, 0.3) is 0 Å². The van der Waals surface area contributed by atoms with Gasteiger partial charge in [-0.3, -0.25) is 0 Å². The molecule has 0 atom stereocenters. The topological polar surface area (TPSA) is 52.6 Å². The zero-order chi connectivity index (χ0) is 12.8. The highest BCUT2D eigenvalue weighted by Gasteiger charge is 2.06. The molecule has 0 heterocycles. The van der Waals surface area contributed by atoms with Crippen LogP contribution < -0.4 is 5.32 Å². The number of nitrogens with one attached hydrogen (secondary N) is 1. The van der Waals surface area contributed by atoms with Gasteiger partial charge in [-0.05, 0) is 24.1 Å². The van der Waals surface area contributed by atoms with Crippen molar-refractivity contribution in [3.05, 3.63) is 34.3 Å². The van der Waals surface area contributed by atoms with E-state index in [4.69, 9.17) is 16.7 Å². The van der Waals surface area contributed by atoms with Crippen molar-refractivity contribution in [3.8, 4) is 0 Å². The third-order valence-corrected chi connectivity index (χ3v) is 2.87. The van der Waals surface area contributed by atoms with Crippen molar-refractivity contribution in [2.45, 2.75) is 13.5 Å². The number of amides is 2. The van der Waals surface area contributed by atoms with Crippen LogP contribution in [-0.4, -0.2) is 36.2 Å². The van der Waals surface area contributed by atoms with Crippen LogP contribution in [0.15, 0.2) is 18.2 Å². The van der Waals surface area contributed by atoms with E-state index in [0.717, 1.165) is 16.1 Å². The van der Waals surface area contributed by atoms with Crippen molar-refractivity contribution in [2.24, 2.45) is 0 Å². The number of nitrogens with zero attached hydrogens (tertiary/aromatic N) is 1. The van der Waals surface area contributed by atoms with Gasteiger partial charge in [-0.25, -0.2) is 4.79 Å². The molecule has 94 valence electrons. The molecule has 0 unspecified atom stereocenters. The number of hydrogen-bond donors (Lipinski definition) is 2. The predicted octanol–water partition coefficient (Wildman–Crippen LogP) is 1.78. The molecule has 0 spiro atoms. The highest BCUT2D eigenvalue weighted by molar-refractivity contribution is 6.31. The van der Waals surface area contributed by atoms with Crippen LogP contribution in [0.4, 0.5) is 4.79 Å². The average Bonchev–Trinajstić information content (AvgIpc) is 2.30. The van der Waals surface area contributed by atoms with E-state index in [1.165, 1.54) is 4.90 Å². The van der Waals surface area contributed by atoms with Gasteiger partial charge in [0.15, 0.2) is 0 Å². The lowest BCUT2D eigenvalue weighted by Crippen LogP contribution is -2.38. The number of carbonyl (C=O) groups excluding carboxylic acids is 1. The van der Waals surface area contributed by atoms with E-state index in [0.29, 0.717) is 13.1 Å². The SMILES string of the molecule is Cc1cc(CNC(=O)N(C)CCO)ccc1Cl. The number of aliphatic hydroxyl groups is 1. The molecule has 0 radical (unpaired) electrons. The molecule has 17 heavy (non-hydrogen) atoms. The molecule has 2 N–H and O–H groups in total. The van der Waals surface area contributed by atoms with E-state index < -0.39 is 0 Å².